The van der Waals surface area contributed by atoms with Gasteiger partial charge in [-0.15, -0.1) is 0 Å². The Morgan fingerprint density at radius 2 is 2.00 bits per heavy atom. The maximum Gasteiger partial charge on any atom is 0.305 e. The third-order valence-electron chi connectivity index (χ3n) is 2.79. The summed E-state index contributed by atoms with van der Waals surface area (Å²) < 4.78 is 16.4. The summed E-state index contributed by atoms with van der Waals surface area (Å²) in [4.78, 5) is 22.4. The van der Waals surface area contributed by atoms with Crippen LogP contribution in [-0.2, 0) is 25.1 Å². The van der Waals surface area contributed by atoms with E-state index in [-0.39, 0.29) is 17.6 Å². The van der Waals surface area contributed by atoms with E-state index in [9.17, 15) is 13.8 Å². The summed E-state index contributed by atoms with van der Waals surface area (Å²) in [6, 6.07) is 0.328. The number of hydrogen-bond donors (Lipinski definition) is 1. The molecule has 6 heteroatoms. The molecular weight excluding hydrogens is 266 g/mol. The molecule has 0 aromatic rings. The van der Waals surface area contributed by atoms with Crippen molar-refractivity contribution in [3.8, 4) is 0 Å². The molecule has 1 atom stereocenters. The zero-order chi connectivity index (χ0) is 14.1. The van der Waals surface area contributed by atoms with Gasteiger partial charge >= 0.3 is 5.97 Å². The summed E-state index contributed by atoms with van der Waals surface area (Å²) >= 11 is 0. The van der Waals surface area contributed by atoms with E-state index < -0.39 is 10.8 Å². The van der Waals surface area contributed by atoms with E-state index >= 15 is 0 Å². The average Bonchev–Trinajstić information content (AvgIpc) is 3.12. The fourth-order valence-corrected chi connectivity index (χ4v) is 2.70. The van der Waals surface area contributed by atoms with Crippen LogP contribution in [0, 0.1) is 0 Å². The highest BCUT2D eigenvalue weighted by Crippen LogP contribution is 2.18. The lowest BCUT2D eigenvalue weighted by Gasteiger charge is -2.04. The topological polar surface area (TPSA) is 72.5 Å². The highest BCUT2D eigenvalue weighted by Gasteiger charge is 2.23. The fourth-order valence-electron chi connectivity index (χ4n) is 1.66. The molecule has 0 spiro atoms. The molecule has 19 heavy (non-hydrogen) atoms. The van der Waals surface area contributed by atoms with Crippen LogP contribution in [0.1, 0.15) is 45.4 Å². The van der Waals surface area contributed by atoms with Gasteiger partial charge in [0.1, 0.15) is 5.75 Å². The van der Waals surface area contributed by atoms with Crippen molar-refractivity contribution in [2.75, 3.05) is 18.1 Å². The van der Waals surface area contributed by atoms with Crippen molar-refractivity contribution >= 4 is 22.7 Å². The van der Waals surface area contributed by atoms with Crippen LogP contribution in [0.2, 0.25) is 0 Å². The van der Waals surface area contributed by atoms with Gasteiger partial charge in [-0.1, -0.05) is 6.42 Å². The second-order valence-corrected chi connectivity index (χ2v) is 6.32. The quantitative estimate of drug-likeness (QED) is 0.483. The largest absolute Gasteiger partial charge is 0.466 e. The third-order valence-corrected chi connectivity index (χ3v) is 4.12. The number of ether oxygens (including phenoxy) is 1. The molecule has 1 fully saturated rings. The van der Waals surface area contributed by atoms with Gasteiger partial charge in [-0.25, -0.2) is 0 Å². The molecule has 1 amide bonds. The SMILES string of the molecule is CCOC(=O)CCCCCS(=O)CC(=O)NC1CC1. The van der Waals surface area contributed by atoms with Crippen molar-refractivity contribution < 1.29 is 18.5 Å². The molecule has 5 nitrogen and oxygen atoms in total. The molecule has 0 radical (unpaired) electrons. The number of esters is 1. The van der Waals surface area contributed by atoms with Crippen LogP contribution in [0.15, 0.2) is 0 Å². The van der Waals surface area contributed by atoms with Crippen LogP contribution >= 0.6 is 0 Å². The van der Waals surface area contributed by atoms with E-state index in [2.05, 4.69) is 5.32 Å². The highest BCUT2D eigenvalue weighted by atomic mass is 32.2. The minimum absolute atomic E-state index is 0.104. The first kappa shape index (κ1) is 16.1. The lowest BCUT2D eigenvalue weighted by atomic mass is 10.2. The molecule has 110 valence electrons. The Balaban J connectivity index is 1.94. The zero-order valence-corrected chi connectivity index (χ0v) is 12.3. The van der Waals surface area contributed by atoms with Gasteiger partial charge in [-0.3, -0.25) is 13.8 Å². The van der Waals surface area contributed by atoms with Gasteiger partial charge in [-0.05, 0) is 32.6 Å². The molecule has 0 aliphatic heterocycles. The molecule has 0 bridgehead atoms. The third kappa shape index (κ3) is 8.75. The van der Waals surface area contributed by atoms with Crippen LogP contribution < -0.4 is 5.32 Å². The van der Waals surface area contributed by atoms with Crippen molar-refractivity contribution in [1.82, 2.24) is 5.32 Å². The second kappa shape index (κ2) is 9.07. The normalized spacial score (nSPS) is 15.8. The molecule has 0 aromatic heterocycles. The predicted octanol–water partition coefficient (Wildman–Crippen LogP) is 1.14. The van der Waals surface area contributed by atoms with E-state index in [1.54, 1.807) is 6.92 Å². The van der Waals surface area contributed by atoms with Crippen molar-refractivity contribution in [3.63, 3.8) is 0 Å². The summed E-state index contributed by atoms with van der Waals surface area (Å²) in [7, 11) is -1.08. The minimum atomic E-state index is -1.08. The van der Waals surface area contributed by atoms with Crippen LogP contribution in [0.4, 0.5) is 0 Å². The van der Waals surface area contributed by atoms with Crippen molar-refractivity contribution in [3.05, 3.63) is 0 Å². The first-order valence-corrected chi connectivity index (χ1v) is 8.40. The molecule has 1 saturated carbocycles. The van der Waals surface area contributed by atoms with Crippen LogP contribution in [0.3, 0.4) is 0 Å². The van der Waals surface area contributed by atoms with Gasteiger partial charge < -0.3 is 10.1 Å². The van der Waals surface area contributed by atoms with Gasteiger partial charge in [0, 0.05) is 29.0 Å². The first-order chi connectivity index (χ1) is 9.11. The number of nitrogens with one attached hydrogen (secondary N) is 1. The van der Waals surface area contributed by atoms with E-state index in [0.29, 0.717) is 24.8 Å². The van der Waals surface area contributed by atoms with Gasteiger partial charge in [0.05, 0.1) is 6.61 Å². The number of amides is 1. The Hall–Kier alpha value is -0.910. The fraction of sp³-hybridized carbons (Fsp3) is 0.846. The Morgan fingerprint density at radius 1 is 1.26 bits per heavy atom. The molecular formula is C13H23NO4S. The molecule has 1 rings (SSSR count). The lowest BCUT2D eigenvalue weighted by Crippen LogP contribution is -2.30. The highest BCUT2D eigenvalue weighted by molar-refractivity contribution is 7.85. The van der Waals surface area contributed by atoms with Crippen molar-refractivity contribution in [2.24, 2.45) is 0 Å². The summed E-state index contributed by atoms with van der Waals surface area (Å²) in [5, 5.41) is 2.82. The molecule has 1 aliphatic carbocycles. The second-order valence-electron chi connectivity index (χ2n) is 4.75. The van der Waals surface area contributed by atoms with Gasteiger partial charge in [0.2, 0.25) is 5.91 Å². The Bertz CT molecular complexity index is 329. The monoisotopic (exact) mass is 289 g/mol. The smallest absolute Gasteiger partial charge is 0.305 e. The van der Waals surface area contributed by atoms with E-state index in [1.807, 2.05) is 0 Å². The Morgan fingerprint density at radius 3 is 2.63 bits per heavy atom. The maximum atomic E-state index is 11.6. The maximum absolute atomic E-state index is 11.6. The molecule has 0 heterocycles. The number of hydrogen-bond acceptors (Lipinski definition) is 4. The van der Waals surface area contributed by atoms with Crippen molar-refractivity contribution in [2.45, 2.75) is 51.5 Å². The summed E-state index contributed by atoms with van der Waals surface area (Å²) in [5.74, 6) is 0.356. The van der Waals surface area contributed by atoms with E-state index in [4.69, 9.17) is 4.74 Å². The van der Waals surface area contributed by atoms with Gasteiger partial charge in [0.25, 0.3) is 0 Å². The van der Waals surface area contributed by atoms with Crippen LogP contribution in [0.25, 0.3) is 0 Å². The molecule has 1 N–H and O–H groups in total. The standard InChI is InChI=1S/C13H23NO4S/c1-2-18-13(16)6-4-3-5-9-19(17)10-12(15)14-11-7-8-11/h11H,2-10H2,1H3,(H,14,15). The molecule has 1 unspecified atom stereocenters. The first-order valence-electron chi connectivity index (χ1n) is 6.91. The minimum Gasteiger partial charge on any atom is -0.466 e. The number of carbonyl (C=O) groups excluding carboxylic acids is 2. The molecule has 0 aromatic carbocycles. The number of carbonyl (C=O) groups is 2. The van der Waals surface area contributed by atoms with E-state index in [1.165, 1.54) is 0 Å². The average molecular weight is 289 g/mol. The van der Waals surface area contributed by atoms with Crippen LogP contribution in [0.5, 0.6) is 0 Å². The Kier molecular flexibility index (Phi) is 7.70. The summed E-state index contributed by atoms with van der Waals surface area (Å²) in [5.41, 5.74) is 0. The summed E-state index contributed by atoms with van der Waals surface area (Å²) in [6.45, 7) is 2.20. The lowest BCUT2D eigenvalue weighted by molar-refractivity contribution is -0.143. The van der Waals surface area contributed by atoms with Crippen LogP contribution in [-0.4, -0.2) is 40.2 Å². The molecule has 1 aliphatic rings. The van der Waals surface area contributed by atoms with Gasteiger partial charge in [-0.2, -0.15) is 0 Å². The number of unbranched alkanes of at least 4 members (excludes halogenated alkanes) is 2. The Labute approximate surface area is 116 Å². The predicted molar refractivity (Wildman–Crippen MR) is 74.1 cm³/mol. The summed E-state index contributed by atoms with van der Waals surface area (Å²) in [6.07, 6.45) is 4.89. The van der Waals surface area contributed by atoms with E-state index in [0.717, 1.165) is 32.1 Å². The molecule has 0 saturated heterocycles. The zero-order valence-electron chi connectivity index (χ0n) is 11.5. The number of rotatable bonds is 10. The van der Waals surface area contributed by atoms with Crippen molar-refractivity contribution in [1.29, 1.82) is 0 Å². The van der Waals surface area contributed by atoms with Gasteiger partial charge in [0.15, 0.2) is 0 Å².